The molecular formula is C13H16N2O3. The molecule has 0 aliphatic carbocycles. The highest BCUT2D eigenvalue weighted by atomic mass is 16.6. The van der Waals surface area contributed by atoms with E-state index in [1.165, 1.54) is 4.90 Å². The first-order valence-electron chi connectivity index (χ1n) is 5.87. The van der Waals surface area contributed by atoms with Crippen molar-refractivity contribution >= 4 is 17.6 Å². The standard InChI is InChI=1S/C13H16N2O3/c1-13(2,3)18-12(17)15-8-6-10(16)11-9(15)5-4-7-14-11/h4-5,7H,6,8H2,1-3H3. The van der Waals surface area contributed by atoms with Crippen molar-refractivity contribution in [2.45, 2.75) is 32.8 Å². The lowest BCUT2D eigenvalue weighted by Gasteiger charge is -2.30. The number of carbonyl (C=O) groups excluding carboxylic acids is 2. The molecule has 0 aromatic carbocycles. The molecule has 0 fully saturated rings. The van der Waals surface area contributed by atoms with Crippen LogP contribution >= 0.6 is 0 Å². The molecule has 0 radical (unpaired) electrons. The van der Waals surface area contributed by atoms with Crippen molar-refractivity contribution in [2.75, 3.05) is 11.4 Å². The fourth-order valence-corrected chi connectivity index (χ4v) is 1.79. The number of Topliss-reactive ketones (excluding diaryl/α,β-unsaturated/α-hetero) is 1. The number of carbonyl (C=O) groups is 2. The second-order valence-corrected chi connectivity index (χ2v) is 5.18. The molecule has 18 heavy (non-hydrogen) atoms. The van der Waals surface area contributed by atoms with Gasteiger partial charge in [0.25, 0.3) is 0 Å². The third kappa shape index (κ3) is 2.50. The Hall–Kier alpha value is -1.91. The lowest BCUT2D eigenvalue weighted by atomic mass is 10.1. The Morgan fingerprint density at radius 2 is 2.17 bits per heavy atom. The maximum atomic E-state index is 12.0. The van der Waals surface area contributed by atoms with Crippen LogP contribution in [-0.2, 0) is 4.74 Å². The average molecular weight is 248 g/mol. The van der Waals surface area contributed by atoms with Crippen molar-refractivity contribution in [1.82, 2.24) is 4.98 Å². The number of amides is 1. The van der Waals surface area contributed by atoms with Gasteiger partial charge in [0.15, 0.2) is 5.78 Å². The monoisotopic (exact) mass is 248 g/mol. The number of fused-ring (bicyclic) bond motifs is 1. The molecule has 2 heterocycles. The van der Waals surface area contributed by atoms with Gasteiger partial charge in [-0.2, -0.15) is 0 Å². The molecule has 1 aromatic heterocycles. The zero-order valence-electron chi connectivity index (χ0n) is 10.8. The van der Waals surface area contributed by atoms with E-state index in [1.54, 1.807) is 18.3 Å². The van der Waals surface area contributed by atoms with Crippen LogP contribution < -0.4 is 4.90 Å². The highest BCUT2D eigenvalue weighted by Crippen LogP contribution is 2.26. The Morgan fingerprint density at radius 1 is 1.44 bits per heavy atom. The van der Waals surface area contributed by atoms with E-state index in [2.05, 4.69) is 4.98 Å². The maximum absolute atomic E-state index is 12.0. The smallest absolute Gasteiger partial charge is 0.414 e. The average Bonchev–Trinajstić information content (AvgIpc) is 2.27. The predicted molar refractivity (Wildman–Crippen MR) is 66.8 cm³/mol. The largest absolute Gasteiger partial charge is 0.443 e. The molecule has 5 heteroatoms. The second-order valence-electron chi connectivity index (χ2n) is 5.18. The third-order valence-electron chi connectivity index (χ3n) is 2.52. The van der Waals surface area contributed by atoms with E-state index in [0.29, 0.717) is 17.9 Å². The van der Waals surface area contributed by atoms with Crippen molar-refractivity contribution in [3.8, 4) is 0 Å². The zero-order valence-corrected chi connectivity index (χ0v) is 10.8. The molecule has 0 saturated heterocycles. The summed E-state index contributed by atoms with van der Waals surface area (Å²) in [5.41, 5.74) is 0.318. The van der Waals surface area contributed by atoms with Crippen LogP contribution in [0.15, 0.2) is 18.3 Å². The summed E-state index contributed by atoms with van der Waals surface area (Å²) in [7, 11) is 0. The van der Waals surface area contributed by atoms with Gasteiger partial charge < -0.3 is 4.74 Å². The lowest BCUT2D eigenvalue weighted by Crippen LogP contribution is -2.41. The maximum Gasteiger partial charge on any atom is 0.414 e. The molecule has 1 aliphatic rings. The van der Waals surface area contributed by atoms with E-state index in [1.807, 2.05) is 20.8 Å². The number of pyridine rings is 1. The molecule has 0 atom stereocenters. The zero-order chi connectivity index (χ0) is 13.3. The van der Waals surface area contributed by atoms with Gasteiger partial charge in [-0.1, -0.05) is 0 Å². The van der Waals surface area contributed by atoms with Crippen LogP contribution in [0.5, 0.6) is 0 Å². The molecule has 1 aromatic rings. The van der Waals surface area contributed by atoms with Crippen molar-refractivity contribution in [3.63, 3.8) is 0 Å². The SMILES string of the molecule is CC(C)(C)OC(=O)N1CCC(=O)c2ncccc21. The van der Waals surface area contributed by atoms with E-state index in [0.717, 1.165) is 0 Å². The molecule has 0 bridgehead atoms. The number of hydrogen-bond acceptors (Lipinski definition) is 4. The van der Waals surface area contributed by atoms with Crippen LogP contribution in [0.1, 0.15) is 37.7 Å². The first-order valence-corrected chi connectivity index (χ1v) is 5.87. The summed E-state index contributed by atoms with van der Waals surface area (Å²) < 4.78 is 5.32. The van der Waals surface area contributed by atoms with E-state index in [4.69, 9.17) is 4.74 Å². The summed E-state index contributed by atoms with van der Waals surface area (Å²) in [5, 5.41) is 0. The highest BCUT2D eigenvalue weighted by Gasteiger charge is 2.31. The summed E-state index contributed by atoms with van der Waals surface area (Å²) in [6, 6.07) is 3.41. The van der Waals surface area contributed by atoms with Crippen LogP contribution in [0.4, 0.5) is 10.5 Å². The van der Waals surface area contributed by atoms with Crippen molar-refractivity contribution in [2.24, 2.45) is 0 Å². The van der Waals surface area contributed by atoms with Crippen LogP contribution in [0.3, 0.4) is 0 Å². The van der Waals surface area contributed by atoms with Gasteiger partial charge in [-0.25, -0.2) is 4.79 Å². The fraction of sp³-hybridized carbons (Fsp3) is 0.462. The molecule has 1 aliphatic heterocycles. The molecule has 1 amide bonds. The minimum absolute atomic E-state index is 0.0367. The Kier molecular flexibility index (Phi) is 3.07. The third-order valence-corrected chi connectivity index (χ3v) is 2.52. The number of aromatic nitrogens is 1. The topological polar surface area (TPSA) is 59.5 Å². The van der Waals surface area contributed by atoms with Crippen LogP contribution in [0.25, 0.3) is 0 Å². The first-order chi connectivity index (χ1) is 8.38. The first kappa shape index (κ1) is 12.5. The van der Waals surface area contributed by atoms with E-state index < -0.39 is 11.7 Å². The van der Waals surface area contributed by atoms with Crippen molar-refractivity contribution < 1.29 is 14.3 Å². The molecule has 96 valence electrons. The fourth-order valence-electron chi connectivity index (χ4n) is 1.79. The van der Waals surface area contributed by atoms with Crippen LogP contribution in [0, 0.1) is 0 Å². The summed E-state index contributed by atoms with van der Waals surface area (Å²) >= 11 is 0. The summed E-state index contributed by atoms with van der Waals surface area (Å²) in [6.45, 7) is 5.77. The number of anilines is 1. The lowest BCUT2D eigenvalue weighted by molar-refractivity contribution is 0.0577. The van der Waals surface area contributed by atoms with Gasteiger partial charge in [0.2, 0.25) is 0 Å². The summed E-state index contributed by atoms with van der Waals surface area (Å²) in [4.78, 5) is 29.2. The second kappa shape index (κ2) is 4.40. The minimum Gasteiger partial charge on any atom is -0.443 e. The molecule has 5 nitrogen and oxygen atoms in total. The van der Waals surface area contributed by atoms with Crippen molar-refractivity contribution in [3.05, 3.63) is 24.0 Å². The van der Waals surface area contributed by atoms with Gasteiger partial charge in [0.1, 0.15) is 11.3 Å². The van der Waals surface area contributed by atoms with Crippen LogP contribution in [0.2, 0.25) is 0 Å². The van der Waals surface area contributed by atoms with Crippen LogP contribution in [-0.4, -0.2) is 29.0 Å². The normalized spacial score (nSPS) is 15.3. The quantitative estimate of drug-likeness (QED) is 0.707. The Bertz CT molecular complexity index is 491. The number of hydrogen-bond donors (Lipinski definition) is 0. The summed E-state index contributed by atoms with van der Waals surface area (Å²) in [5.74, 6) is -0.0367. The number of ketones is 1. The predicted octanol–water partition coefficient (Wildman–Crippen LogP) is 2.41. The van der Waals surface area contributed by atoms with Gasteiger partial charge in [-0.3, -0.25) is 14.7 Å². The highest BCUT2D eigenvalue weighted by molar-refractivity contribution is 6.06. The number of rotatable bonds is 0. The van der Waals surface area contributed by atoms with Crippen molar-refractivity contribution in [1.29, 1.82) is 0 Å². The van der Waals surface area contributed by atoms with E-state index >= 15 is 0 Å². The van der Waals surface area contributed by atoms with Gasteiger partial charge in [-0.15, -0.1) is 0 Å². The molecule has 0 saturated carbocycles. The molecule has 0 spiro atoms. The molecule has 0 N–H and O–H groups in total. The van der Waals surface area contributed by atoms with Gasteiger partial charge in [0, 0.05) is 19.2 Å². The Labute approximate surface area is 106 Å². The minimum atomic E-state index is -0.555. The Balaban J connectivity index is 2.29. The van der Waals surface area contributed by atoms with E-state index in [-0.39, 0.29) is 12.2 Å². The van der Waals surface area contributed by atoms with Gasteiger partial charge >= 0.3 is 6.09 Å². The molecule has 2 rings (SSSR count). The number of ether oxygens (including phenoxy) is 1. The molecule has 0 unspecified atom stereocenters. The Morgan fingerprint density at radius 3 is 2.83 bits per heavy atom. The molecular weight excluding hydrogens is 232 g/mol. The summed E-state index contributed by atoms with van der Waals surface area (Å²) in [6.07, 6.45) is 1.39. The van der Waals surface area contributed by atoms with Gasteiger partial charge in [-0.05, 0) is 32.9 Å². The number of nitrogens with zero attached hydrogens (tertiary/aromatic N) is 2. The van der Waals surface area contributed by atoms with Gasteiger partial charge in [0.05, 0.1) is 5.69 Å². The van der Waals surface area contributed by atoms with E-state index in [9.17, 15) is 9.59 Å².